The molecule has 2 saturated carbocycles. The van der Waals surface area contributed by atoms with E-state index < -0.39 is 67.7 Å². The van der Waals surface area contributed by atoms with E-state index in [1.165, 1.54) is 4.90 Å². The van der Waals surface area contributed by atoms with Crippen molar-refractivity contribution in [3.8, 4) is 0 Å². The number of rotatable bonds is 12. The lowest BCUT2D eigenvalue weighted by molar-refractivity contribution is -0.149. The van der Waals surface area contributed by atoms with Crippen LogP contribution in [0, 0.1) is 10.8 Å². The first kappa shape index (κ1) is 60.2. The number of pyridine rings is 2. The number of amides is 2. The molecule has 2 atom stereocenters. The number of aromatic nitrogens is 2. The highest BCUT2D eigenvalue weighted by atomic mass is 28.4. The Balaban J connectivity index is 0.000000317. The number of hydrogen-bond acceptors (Lipinski definition) is 10. The molecule has 3 N–H and O–H groups in total. The summed E-state index contributed by atoms with van der Waals surface area (Å²) in [5.74, 6) is -1.64. The van der Waals surface area contributed by atoms with E-state index in [1.54, 1.807) is 25.1 Å². The van der Waals surface area contributed by atoms with E-state index in [0.29, 0.717) is 38.5 Å². The number of alkyl halides is 1. The summed E-state index contributed by atoms with van der Waals surface area (Å²) < 4.78 is 33.1. The van der Waals surface area contributed by atoms with Crippen LogP contribution in [0.3, 0.4) is 0 Å². The number of benzene rings is 2. The molecular formula is C59H85FN4O10Si. The average molecular weight is 1060 g/mol. The van der Waals surface area contributed by atoms with Crippen LogP contribution in [0.2, 0.25) is 18.1 Å². The van der Waals surface area contributed by atoms with Crippen LogP contribution in [0.4, 0.5) is 14.0 Å². The van der Waals surface area contributed by atoms with E-state index in [4.69, 9.17) is 25.2 Å². The topological polar surface area (TPSA) is 189 Å². The van der Waals surface area contributed by atoms with Gasteiger partial charge in [-0.3, -0.25) is 23.9 Å². The van der Waals surface area contributed by atoms with E-state index >= 15 is 0 Å². The molecule has 16 heteroatoms. The van der Waals surface area contributed by atoms with Crippen LogP contribution in [0.25, 0.3) is 34.0 Å². The molecule has 0 saturated heterocycles. The third-order valence-electron chi connectivity index (χ3n) is 14.8. The zero-order valence-electron chi connectivity index (χ0n) is 48.1. The molecule has 412 valence electrons. The number of ether oxygens (including phenoxy) is 2. The maximum atomic E-state index is 12.6. The van der Waals surface area contributed by atoms with E-state index in [1.807, 2.05) is 134 Å². The minimum atomic E-state index is -1.90. The second kappa shape index (κ2) is 25.0. The lowest BCUT2D eigenvalue weighted by Gasteiger charge is -2.42. The van der Waals surface area contributed by atoms with Gasteiger partial charge in [0.1, 0.15) is 11.2 Å². The van der Waals surface area contributed by atoms with Crippen molar-refractivity contribution < 1.29 is 54.2 Å². The van der Waals surface area contributed by atoms with Crippen molar-refractivity contribution in [2.45, 2.75) is 181 Å². The van der Waals surface area contributed by atoms with Crippen molar-refractivity contribution in [1.82, 2.24) is 19.8 Å². The molecule has 2 aromatic heterocycles. The number of nitrogens with zero attached hydrogens (tertiary/aromatic N) is 4. The summed E-state index contributed by atoms with van der Waals surface area (Å²) in [5.41, 5.74) is 1.79. The SMILES string of the molecule is C[C@H](c1ccc2ccc(/C=C/C3(C(=O)O)CCC(O)CC3)cc2n1)N(C)C(=O)OC(C)(C)C.C[C@H](c1ccc2ccc(/C=C/C3(C(=O)O)CCC(O[Si](C)(C)C(C)(C)C)CC3)cc2n1)N(C)C(=O)OC(C)(C)C.[2H]CF. The standard InChI is InChI=1S/C32H48N2O5Si.C26H34N2O5.CH3F/c1-22(34(8)29(37)38-30(2,3)4)26-14-13-24-12-11-23(21-27(24)33-26)15-18-32(28(35)36)19-16-25(17-20-32)39-40(9,10)31(5,6)7;1-17(28(5)24(32)33-25(2,3)4)21-9-8-19-7-6-18(16-22(19)27-21)10-13-26(23(30)31)14-11-20(29)12-15-26;1-2/h11-15,18,21-22,25H,16-17,19-20H2,1-10H3,(H,35,36);6-10,13,16-17,20,29H,11-12,14-15H2,1-5H3,(H,30,31);1H3/b18-15+;13-10+;/t22-,25?,32?;17-,20?,26?;/m11./s1/i;;1D. The van der Waals surface area contributed by atoms with Gasteiger partial charge in [-0.2, -0.15) is 0 Å². The highest BCUT2D eigenvalue weighted by Crippen LogP contribution is 2.44. The Bertz CT molecular complexity index is 2700. The maximum Gasteiger partial charge on any atom is 0.410 e. The van der Waals surface area contributed by atoms with Gasteiger partial charge in [-0.25, -0.2) is 9.59 Å². The fraction of sp³-hybridized carbons (Fsp3) is 0.559. The third-order valence-corrected chi connectivity index (χ3v) is 19.4. The molecule has 0 radical (unpaired) electrons. The number of hydrogen-bond donors (Lipinski definition) is 3. The average Bonchev–Trinajstić information content (AvgIpc) is 3.33. The predicted octanol–water partition coefficient (Wildman–Crippen LogP) is 14.0. The van der Waals surface area contributed by atoms with Gasteiger partial charge in [0.05, 0.1) is 60.0 Å². The normalized spacial score (nSPS) is 21.5. The minimum Gasteiger partial charge on any atom is -0.481 e. The van der Waals surface area contributed by atoms with E-state index in [-0.39, 0.29) is 23.2 Å². The van der Waals surface area contributed by atoms with E-state index in [2.05, 4.69) is 33.9 Å². The van der Waals surface area contributed by atoms with Crippen molar-refractivity contribution in [2.75, 3.05) is 21.2 Å². The molecular weight excluding hydrogens is 972 g/mol. The van der Waals surface area contributed by atoms with Gasteiger partial charge in [0.15, 0.2) is 8.32 Å². The molecule has 2 heterocycles. The van der Waals surface area contributed by atoms with Crippen LogP contribution in [0.5, 0.6) is 0 Å². The number of fused-ring (bicyclic) bond motifs is 2. The number of halogens is 1. The number of aliphatic hydroxyl groups is 1. The fourth-order valence-electron chi connectivity index (χ4n) is 8.70. The quantitative estimate of drug-likeness (QED) is 0.114. The van der Waals surface area contributed by atoms with E-state index in [9.17, 15) is 38.9 Å². The Hall–Kier alpha value is -5.71. The maximum absolute atomic E-state index is 12.6. The Morgan fingerprint density at radius 1 is 0.680 bits per heavy atom. The molecule has 0 spiro atoms. The van der Waals surface area contributed by atoms with Gasteiger partial charge in [0.25, 0.3) is 0 Å². The predicted molar refractivity (Wildman–Crippen MR) is 299 cm³/mol. The van der Waals surface area contributed by atoms with Crippen molar-refractivity contribution in [2.24, 2.45) is 10.8 Å². The minimum absolute atomic E-state index is 0.117. The lowest BCUT2D eigenvalue weighted by atomic mass is 9.73. The summed E-state index contributed by atoms with van der Waals surface area (Å²) in [5, 5.41) is 31.8. The number of carboxylic acids is 2. The first-order valence-electron chi connectivity index (χ1n) is 26.7. The highest BCUT2D eigenvalue weighted by molar-refractivity contribution is 6.74. The Morgan fingerprint density at radius 3 is 1.36 bits per heavy atom. The first-order chi connectivity index (χ1) is 35.1. The van der Waals surface area contributed by atoms with Crippen LogP contribution in [0.15, 0.2) is 72.8 Å². The number of carbonyl (C=O) groups excluding carboxylic acids is 2. The van der Waals surface area contributed by atoms with Crippen LogP contribution in [-0.4, -0.2) is 112 Å². The summed E-state index contributed by atoms with van der Waals surface area (Å²) >= 11 is 0. The molecule has 0 unspecified atom stereocenters. The smallest absolute Gasteiger partial charge is 0.410 e. The first-order valence-corrected chi connectivity index (χ1v) is 28.9. The Morgan fingerprint density at radius 2 is 1.03 bits per heavy atom. The molecule has 2 aliphatic carbocycles. The Labute approximate surface area is 447 Å². The molecule has 2 fully saturated rings. The van der Waals surface area contributed by atoms with Gasteiger partial charge in [-0.1, -0.05) is 81.5 Å². The molecule has 6 rings (SSSR count). The van der Waals surface area contributed by atoms with Crippen LogP contribution in [0.1, 0.15) is 163 Å². The third kappa shape index (κ3) is 16.6. The van der Waals surface area contributed by atoms with Gasteiger partial charge in [-0.15, -0.1) is 0 Å². The van der Waals surface area contributed by atoms with Crippen molar-refractivity contribution in [3.63, 3.8) is 0 Å². The second-order valence-electron chi connectivity index (χ2n) is 23.8. The van der Waals surface area contributed by atoms with Crippen molar-refractivity contribution >= 4 is 66.4 Å². The van der Waals surface area contributed by atoms with Crippen LogP contribution >= 0.6 is 0 Å². The molecule has 0 bridgehead atoms. The zero-order chi connectivity index (χ0) is 57.2. The zero-order valence-corrected chi connectivity index (χ0v) is 48.1. The van der Waals surface area contributed by atoms with E-state index in [0.717, 1.165) is 57.2 Å². The van der Waals surface area contributed by atoms with Gasteiger partial charge >= 0.3 is 24.1 Å². The van der Waals surface area contributed by atoms with Crippen molar-refractivity contribution in [1.29, 1.82) is 0 Å². The number of carboxylic acid groups (broad SMARTS) is 2. The summed E-state index contributed by atoms with van der Waals surface area (Å²) in [7, 11) is 0.499. The largest absolute Gasteiger partial charge is 0.481 e. The number of carbonyl (C=O) groups is 4. The molecule has 75 heavy (non-hydrogen) atoms. The fourth-order valence-corrected chi connectivity index (χ4v) is 10.1. The molecule has 2 aromatic carbocycles. The summed E-state index contributed by atoms with van der Waals surface area (Å²) in [6.45, 7) is 26.0. The number of aliphatic hydroxyl groups excluding tert-OH is 1. The Kier molecular flexibility index (Phi) is 20.0. The summed E-state index contributed by atoms with van der Waals surface area (Å²) in [4.78, 5) is 62.1. The van der Waals surface area contributed by atoms with Crippen LogP contribution < -0.4 is 0 Å². The number of aliphatic carboxylic acids is 2. The van der Waals surface area contributed by atoms with Gasteiger partial charge < -0.3 is 39.0 Å². The summed E-state index contributed by atoms with van der Waals surface area (Å²) in [6, 6.07) is 19.0. The monoisotopic (exact) mass is 1060 g/mol. The molecule has 0 aliphatic heterocycles. The van der Waals surface area contributed by atoms with Gasteiger partial charge in [0.2, 0.25) is 0 Å². The molecule has 2 amide bonds. The molecule has 14 nitrogen and oxygen atoms in total. The summed E-state index contributed by atoms with van der Waals surface area (Å²) in [6.07, 6.45) is 10.7. The van der Waals surface area contributed by atoms with Crippen molar-refractivity contribution in [3.05, 3.63) is 95.3 Å². The molecule has 2 aliphatic rings. The second-order valence-corrected chi connectivity index (χ2v) is 28.6. The molecule has 4 aromatic rings. The van der Waals surface area contributed by atoms with Crippen LogP contribution in [-0.2, 0) is 23.5 Å². The van der Waals surface area contributed by atoms with Gasteiger partial charge in [-0.05, 0) is 160 Å². The van der Waals surface area contributed by atoms with Gasteiger partial charge in [0, 0.05) is 31.0 Å². The highest BCUT2D eigenvalue weighted by Gasteiger charge is 2.44. The lowest BCUT2D eigenvalue weighted by Crippen LogP contribution is -2.46.